The smallest absolute Gasteiger partial charge is 0.194 e. The second-order valence-corrected chi connectivity index (χ2v) is 13.2. The quantitative estimate of drug-likeness (QED) is 0.200. The lowest BCUT2D eigenvalue weighted by Gasteiger charge is -2.31. The largest absolute Gasteiger partial charge is 0.213 e. The minimum absolute atomic E-state index is 0.109. The van der Waals surface area contributed by atoms with E-state index in [1.165, 1.54) is 68.9 Å². The lowest BCUT2D eigenvalue weighted by atomic mass is 9.77. The summed E-state index contributed by atoms with van der Waals surface area (Å²) in [5, 5.41) is 0. The van der Waals surface area contributed by atoms with Gasteiger partial charge in [0, 0.05) is 36.1 Å². The Morgan fingerprint density at radius 3 is 2.33 bits per heavy atom. The normalized spacial score (nSPS) is 17.6. The summed E-state index contributed by atoms with van der Waals surface area (Å²) in [4.78, 5) is 0. The molecule has 0 fully saturated rings. The molecule has 0 aliphatic carbocycles. The zero-order valence-electron chi connectivity index (χ0n) is 26.9. The van der Waals surface area contributed by atoms with Crippen LogP contribution in [0.4, 0.5) is 0 Å². The van der Waals surface area contributed by atoms with Crippen molar-refractivity contribution in [1.82, 2.24) is 0 Å². The number of pyridine rings is 2. The van der Waals surface area contributed by atoms with E-state index in [4.69, 9.17) is 6.58 Å². The van der Waals surface area contributed by atoms with Gasteiger partial charge in [-0.25, -0.2) is 0 Å². The summed E-state index contributed by atoms with van der Waals surface area (Å²) in [5.41, 5.74) is 13.5. The number of aryl methyl sites for hydroxylation is 5. The van der Waals surface area contributed by atoms with Crippen molar-refractivity contribution in [3.8, 4) is 11.3 Å². The molecular formula is C38H52N2+2. The molecule has 0 radical (unpaired) electrons. The molecule has 1 aliphatic rings. The fourth-order valence-electron chi connectivity index (χ4n) is 6.80. The first-order chi connectivity index (χ1) is 18.9. The van der Waals surface area contributed by atoms with E-state index in [1.807, 2.05) is 0 Å². The van der Waals surface area contributed by atoms with Gasteiger partial charge in [0.2, 0.25) is 5.69 Å². The molecule has 3 heterocycles. The van der Waals surface area contributed by atoms with Crippen LogP contribution >= 0.6 is 0 Å². The SMILES string of the molecule is C=C(C1c2cc(C)ccc2-c2cc(C)c(C)c[n+]2C1CCC(/C=C\C)CC)[n+]1cc(C)c(C(C)(C)C)cc1CC. The molecule has 40 heavy (non-hydrogen) atoms. The second-order valence-electron chi connectivity index (χ2n) is 13.2. The lowest BCUT2D eigenvalue weighted by Crippen LogP contribution is -2.51. The molecule has 2 heteroatoms. The van der Waals surface area contributed by atoms with Gasteiger partial charge in [-0.2, -0.15) is 9.13 Å². The first-order valence-electron chi connectivity index (χ1n) is 15.4. The summed E-state index contributed by atoms with van der Waals surface area (Å²) >= 11 is 0. The van der Waals surface area contributed by atoms with Crippen molar-refractivity contribution in [1.29, 1.82) is 0 Å². The van der Waals surface area contributed by atoms with Crippen LogP contribution in [0.25, 0.3) is 17.0 Å². The average Bonchev–Trinajstić information content (AvgIpc) is 2.90. The monoisotopic (exact) mass is 536 g/mol. The molecule has 1 aliphatic heterocycles. The van der Waals surface area contributed by atoms with Crippen LogP contribution in [-0.2, 0) is 11.8 Å². The van der Waals surface area contributed by atoms with Crippen LogP contribution < -0.4 is 9.13 Å². The Morgan fingerprint density at radius 2 is 1.70 bits per heavy atom. The number of fused-ring (bicyclic) bond motifs is 3. The molecule has 0 saturated carbocycles. The standard InChI is InChI=1S/C38H52N2/c1-12-15-30(13-2)17-19-35-37(29(8)39-24-28(7)34(38(9,10)11)22-31(39)14-3)33-20-25(4)16-18-32(33)36-21-26(5)27(6)23-40(35)36/h12,15-16,18,20-24,30,35,37H,8,13-14,17,19H2,1-7,9-11H3/q+2/b15-12-. The van der Waals surface area contributed by atoms with Crippen molar-refractivity contribution in [2.45, 2.75) is 112 Å². The first kappa shape index (κ1) is 30.0. The van der Waals surface area contributed by atoms with Crippen LogP contribution in [-0.4, -0.2) is 0 Å². The van der Waals surface area contributed by atoms with Crippen LogP contribution in [0.2, 0.25) is 0 Å². The van der Waals surface area contributed by atoms with Gasteiger partial charge in [0.05, 0.1) is 5.56 Å². The summed E-state index contributed by atoms with van der Waals surface area (Å²) in [7, 11) is 0. The van der Waals surface area contributed by atoms with Crippen molar-refractivity contribution < 1.29 is 9.13 Å². The van der Waals surface area contributed by atoms with Crippen LogP contribution in [0.15, 0.2) is 61.5 Å². The van der Waals surface area contributed by atoms with Gasteiger partial charge in [0.1, 0.15) is 5.92 Å². The molecular weight excluding hydrogens is 484 g/mol. The average molecular weight is 537 g/mol. The zero-order chi connectivity index (χ0) is 29.4. The highest BCUT2D eigenvalue weighted by molar-refractivity contribution is 5.69. The van der Waals surface area contributed by atoms with E-state index in [9.17, 15) is 0 Å². The van der Waals surface area contributed by atoms with Crippen molar-refractivity contribution in [2.24, 2.45) is 5.92 Å². The Bertz CT molecular complexity index is 1430. The minimum atomic E-state index is 0.109. The highest BCUT2D eigenvalue weighted by Crippen LogP contribution is 2.45. The molecule has 0 N–H and O–H groups in total. The maximum atomic E-state index is 4.90. The number of hydrogen-bond acceptors (Lipinski definition) is 0. The van der Waals surface area contributed by atoms with Gasteiger partial charge in [0.15, 0.2) is 29.8 Å². The van der Waals surface area contributed by atoms with Crippen molar-refractivity contribution in [2.75, 3.05) is 0 Å². The summed E-state index contributed by atoms with van der Waals surface area (Å²) in [6.07, 6.45) is 13.8. The summed E-state index contributed by atoms with van der Waals surface area (Å²) in [6, 6.07) is 12.2. The number of aromatic nitrogens is 2. The molecule has 212 valence electrons. The molecule has 1 aromatic carbocycles. The number of benzene rings is 1. The van der Waals surface area contributed by atoms with Crippen LogP contribution in [0.1, 0.15) is 112 Å². The third-order valence-corrected chi connectivity index (χ3v) is 9.18. The van der Waals surface area contributed by atoms with Gasteiger partial charge in [0.25, 0.3) is 0 Å². The van der Waals surface area contributed by atoms with E-state index in [1.54, 1.807) is 0 Å². The second kappa shape index (κ2) is 11.9. The fourth-order valence-corrected chi connectivity index (χ4v) is 6.80. The first-order valence-corrected chi connectivity index (χ1v) is 15.4. The molecule has 0 saturated heterocycles. The van der Waals surface area contributed by atoms with E-state index < -0.39 is 0 Å². The molecule has 3 atom stereocenters. The van der Waals surface area contributed by atoms with Gasteiger partial charge in [-0.15, -0.1) is 0 Å². The van der Waals surface area contributed by atoms with Gasteiger partial charge >= 0.3 is 0 Å². The van der Waals surface area contributed by atoms with Crippen LogP contribution in [0.5, 0.6) is 0 Å². The van der Waals surface area contributed by atoms with Crippen LogP contribution in [0, 0.1) is 33.6 Å². The van der Waals surface area contributed by atoms with Gasteiger partial charge in [-0.3, -0.25) is 0 Å². The van der Waals surface area contributed by atoms with E-state index >= 15 is 0 Å². The van der Waals surface area contributed by atoms with Crippen molar-refractivity contribution >= 4 is 5.70 Å². The Hall–Kier alpha value is -3.00. The third kappa shape index (κ3) is 5.73. The molecule has 2 nitrogen and oxygen atoms in total. The molecule has 3 unspecified atom stereocenters. The number of rotatable bonds is 8. The molecule has 0 amide bonds. The highest BCUT2D eigenvalue weighted by Gasteiger charge is 2.45. The topological polar surface area (TPSA) is 7.76 Å². The molecule has 0 spiro atoms. The highest BCUT2D eigenvalue weighted by atomic mass is 15.1. The third-order valence-electron chi connectivity index (χ3n) is 9.18. The molecule has 0 bridgehead atoms. The Labute approximate surface area is 244 Å². The predicted octanol–water partition coefficient (Wildman–Crippen LogP) is 9.21. The van der Waals surface area contributed by atoms with Gasteiger partial charge in [-0.1, -0.05) is 64.5 Å². The number of hydrogen-bond donors (Lipinski definition) is 0. The molecule has 4 rings (SSSR count). The predicted molar refractivity (Wildman–Crippen MR) is 171 cm³/mol. The van der Waals surface area contributed by atoms with E-state index in [2.05, 4.69) is 133 Å². The Morgan fingerprint density at radius 1 is 0.975 bits per heavy atom. The maximum absolute atomic E-state index is 4.90. The van der Waals surface area contributed by atoms with E-state index in [-0.39, 0.29) is 11.3 Å². The van der Waals surface area contributed by atoms with Crippen molar-refractivity contribution in [3.05, 3.63) is 101 Å². The fraction of sp³-hybridized carbons (Fsp3) is 0.474. The van der Waals surface area contributed by atoms with Crippen molar-refractivity contribution in [3.63, 3.8) is 0 Å². The molecule has 3 aromatic rings. The summed E-state index contributed by atoms with van der Waals surface area (Å²) in [5.74, 6) is 0.786. The number of nitrogens with zero attached hydrogens (tertiary/aromatic N) is 2. The van der Waals surface area contributed by atoms with Crippen LogP contribution in [0.3, 0.4) is 0 Å². The minimum Gasteiger partial charge on any atom is -0.194 e. The van der Waals surface area contributed by atoms with Gasteiger partial charge < -0.3 is 0 Å². The Balaban J connectivity index is 1.95. The zero-order valence-corrected chi connectivity index (χ0v) is 26.9. The summed E-state index contributed by atoms with van der Waals surface area (Å²) in [6.45, 7) is 27.6. The van der Waals surface area contributed by atoms with Gasteiger partial charge in [-0.05, 0) is 88.1 Å². The summed E-state index contributed by atoms with van der Waals surface area (Å²) < 4.78 is 5.03. The number of allylic oxidation sites excluding steroid dienone is 3. The maximum Gasteiger partial charge on any atom is 0.213 e. The molecule has 2 aromatic heterocycles. The van der Waals surface area contributed by atoms with E-state index in [0.717, 1.165) is 12.8 Å². The van der Waals surface area contributed by atoms with E-state index in [0.29, 0.717) is 12.0 Å². The Kier molecular flexibility index (Phi) is 8.88. The lowest BCUT2D eigenvalue weighted by molar-refractivity contribution is -0.721.